The number of carbonyl (C=O) groups excluding carboxylic acids is 1. The van der Waals surface area contributed by atoms with Crippen molar-refractivity contribution in [3.63, 3.8) is 0 Å². The molecule has 0 aromatic rings. The van der Waals surface area contributed by atoms with Crippen LogP contribution in [0.1, 0.15) is 55.4 Å². The van der Waals surface area contributed by atoms with E-state index < -0.39 is 0 Å². The molecule has 0 spiro atoms. The zero-order valence-electron chi connectivity index (χ0n) is 12.7. The Kier molecular flexibility index (Phi) is 5.20. The minimum absolute atomic E-state index is 0.0573. The monoisotopic (exact) mass is 243 g/mol. The van der Waals surface area contributed by atoms with E-state index in [1.165, 1.54) is 0 Å². The van der Waals surface area contributed by atoms with Crippen molar-refractivity contribution >= 4 is 5.91 Å². The molecule has 0 aromatic heterocycles. The molecular formula is C14H29NO2. The molecule has 0 aliphatic heterocycles. The summed E-state index contributed by atoms with van der Waals surface area (Å²) < 4.78 is 5.66. The average molecular weight is 243 g/mol. The standard InChI is InChI=1S/C14H29NO2/c1-12(2,3)9-17-10-14(7,8)15-11(16)13(4,5)6/h9-10H2,1-8H3,(H,15,16). The van der Waals surface area contributed by atoms with Crippen LogP contribution in [0.5, 0.6) is 0 Å². The van der Waals surface area contributed by atoms with E-state index in [2.05, 4.69) is 26.1 Å². The summed E-state index contributed by atoms with van der Waals surface area (Å²) >= 11 is 0. The van der Waals surface area contributed by atoms with Gasteiger partial charge in [-0.25, -0.2) is 0 Å². The highest BCUT2D eigenvalue weighted by atomic mass is 16.5. The second-order valence-electron chi connectivity index (χ2n) is 7.64. The van der Waals surface area contributed by atoms with Gasteiger partial charge in [0.1, 0.15) is 0 Å². The molecular weight excluding hydrogens is 214 g/mol. The fourth-order valence-electron chi connectivity index (χ4n) is 1.14. The molecule has 0 saturated carbocycles. The van der Waals surface area contributed by atoms with Gasteiger partial charge in [-0.05, 0) is 19.3 Å². The predicted molar refractivity (Wildman–Crippen MR) is 72.0 cm³/mol. The zero-order chi connectivity index (χ0) is 13.9. The lowest BCUT2D eigenvalue weighted by atomic mass is 9.93. The van der Waals surface area contributed by atoms with Gasteiger partial charge < -0.3 is 10.1 Å². The topological polar surface area (TPSA) is 38.3 Å². The van der Waals surface area contributed by atoms with Gasteiger partial charge in [-0.1, -0.05) is 41.5 Å². The van der Waals surface area contributed by atoms with E-state index in [1.54, 1.807) is 0 Å². The molecule has 0 atom stereocenters. The molecule has 0 unspecified atom stereocenters. The Morgan fingerprint density at radius 1 is 0.941 bits per heavy atom. The highest BCUT2D eigenvalue weighted by Gasteiger charge is 2.28. The van der Waals surface area contributed by atoms with E-state index in [4.69, 9.17) is 4.74 Å². The molecule has 0 bridgehead atoms. The highest BCUT2D eigenvalue weighted by Crippen LogP contribution is 2.17. The van der Waals surface area contributed by atoms with E-state index in [0.29, 0.717) is 13.2 Å². The maximum absolute atomic E-state index is 11.9. The third-order valence-electron chi connectivity index (χ3n) is 2.13. The molecule has 1 N–H and O–H groups in total. The van der Waals surface area contributed by atoms with Crippen LogP contribution in [0.3, 0.4) is 0 Å². The van der Waals surface area contributed by atoms with Crippen molar-refractivity contribution in [2.24, 2.45) is 10.8 Å². The summed E-state index contributed by atoms with van der Waals surface area (Å²) in [6, 6.07) is 0. The van der Waals surface area contributed by atoms with Crippen molar-refractivity contribution in [3.05, 3.63) is 0 Å². The van der Waals surface area contributed by atoms with E-state index in [0.717, 1.165) is 0 Å². The van der Waals surface area contributed by atoms with Crippen LogP contribution in [0, 0.1) is 10.8 Å². The van der Waals surface area contributed by atoms with Gasteiger partial charge in [-0.2, -0.15) is 0 Å². The van der Waals surface area contributed by atoms with Crippen LogP contribution in [0.25, 0.3) is 0 Å². The van der Waals surface area contributed by atoms with Gasteiger partial charge >= 0.3 is 0 Å². The minimum Gasteiger partial charge on any atom is -0.378 e. The molecule has 1 amide bonds. The summed E-state index contributed by atoms with van der Waals surface area (Å²) in [6.45, 7) is 17.3. The Bertz CT molecular complexity index is 256. The zero-order valence-corrected chi connectivity index (χ0v) is 12.7. The van der Waals surface area contributed by atoms with Crippen LogP contribution in [0.15, 0.2) is 0 Å². The average Bonchev–Trinajstić information content (AvgIpc) is 1.97. The summed E-state index contributed by atoms with van der Waals surface area (Å²) in [5, 5.41) is 3.02. The van der Waals surface area contributed by atoms with Gasteiger partial charge in [0.05, 0.1) is 18.8 Å². The highest BCUT2D eigenvalue weighted by molar-refractivity contribution is 5.82. The van der Waals surface area contributed by atoms with Gasteiger partial charge in [0, 0.05) is 5.41 Å². The molecule has 0 aromatic carbocycles. The fourth-order valence-corrected chi connectivity index (χ4v) is 1.14. The Morgan fingerprint density at radius 3 is 1.76 bits per heavy atom. The summed E-state index contributed by atoms with van der Waals surface area (Å²) in [6.07, 6.45) is 0. The molecule has 0 aliphatic rings. The normalized spacial score (nSPS) is 13.6. The quantitative estimate of drug-likeness (QED) is 0.824. The maximum Gasteiger partial charge on any atom is 0.225 e. The fraction of sp³-hybridized carbons (Fsp3) is 0.929. The summed E-state index contributed by atoms with van der Waals surface area (Å²) in [7, 11) is 0. The summed E-state index contributed by atoms with van der Waals surface area (Å²) in [4.78, 5) is 11.9. The third kappa shape index (κ3) is 8.19. The molecule has 3 heteroatoms. The first-order chi connectivity index (χ1) is 7.33. The maximum atomic E-state index is 11.9. The lowest BCUT2D eigenvalue weighted by Crippen LogP contribution is -2.51. The first-order valence-electron chi connectivity index (χ1n) is 6.24. The first-order valence-corrected chi connectivity index (χ1v) is 6.24. The molecule has 3 nitrogen and oxygen atoms in total. The summed E-state index contributed by atoms with van der Waals surface area (Å²) in [5.74, 6) is 0.0573. The van der Waals surface area contributed by atoms with E-state index >= 15 is 0 Å². The Hall–Kier alpha value is -0.570. The Morgan fingerprint density at radius 2 is 1.41 bits per heavy atom. The van der Waals surface area contributed by atoms with Crippen molar-refractivity contribution in [1.82, 2.24) is 5.32 Å². The van der Waals surface area contributed by atoms with Crippen molar-refractivity contribution in [2.75, 3.05) is 13.2 Å². The van der Waals surface area contributed by atoms with Crippen LogP contribution in [-0.4, -0.2) is 24.7 Å². The second-order valence-corrected chi connectivity index (χ2v) is 7.64. The van der Waals surface area contributed by atoms with Crippen molar-refractivity contribution < 1.29 is 9.53 Å². The lowest BCUT2D eigenvalue weighted by molar-refractivity contribution is -0.131. The number of hydrogen-bond acceptors (Lipinski definition) is 2. The van der Waals surface area contributed by atoms with Gasteiger partial charge in [0.15, 0.2) is 0 Å². The van der Waals surface area contributed by atoms with Gasteiger partial charge in [-0.3, -0.25) is 4.79 Å². The molecule has 102 valence electrons. The van der Waals surface area contributed by atoms with E-state index in [-0.39, 0.29) is 22.3 Å². The molecule has 0 aliphatic carbocycles. The van der Waals surface area contributed by atoms with Gasteiger partial charge in [0.25, 0.3) is 0 Å². The number of ether oxygens (including phenoxy) is 1. The molecule has 0 rings (SSSR count). The molecule has 0 heterocycles. The Balaban J connectivity index is 4.17. The van der Waals surface area contributed by atoms with Crippen molar-refractivity contribution in [1.29, 1.82) is 0 Å². The van der Waals surface area contributed by atoms with E-state index in [1.807, 2.05) is 34.6 Å². The number of hydrogen-bond donors (Lipinski definition) is 1. The van der Waals surface area contributed by atoms with Gasteiger partial charge in [-0.15, -0.1) is 0 Å². The van der Waals surface area contributed by atoms with Crippen LogP contribution in [0.2, 0.25) is 0 Å². The van der Waals surface area contributed by atoms with Crippen LogP contribution in [0.4, 0.5) is 0 Å². The van der Waals surface area contributed by atoms with E-state index in [9.17, 15) is 4.79 Å². The minimum atomic E-state index is -0.360. The number of nitrogens with one attached hydrogen (secondary N) is 1. The summed E-state index contributed by atoms with van der Waals surface area (Å²) in [5.41, 5.74) is -0.527. The molecule has 0 radical (unpaired) electrons. The second kappa shape index (κ2) is 5.38. The van der Waals surface area contributed by atoms with Crippen molar-refractivity contribution in [2.45, 2.75) is 60.9 Å². The van der Waals surface area contributed by atoms with Gasteiger partial charge in [0.2, 0.25) is 5.91 Å². The largest absolute Gasteiger partial charge is 0.378 e. The van der Waals surface area contributed by atoms with Crippen molar-refractivity contribution in [3.8, 4) is 0 Å². The first kappa shape index (κ1) is 16.4. The SMILES string of the molecule is CC(C)(C)COCC(C)(C)NC(=O)C(C)(C)C. The van der Waals surface area contributed by atoms with Crippen LogP contribution < -0.4 is 5.32 Å². The smallest absolute Gasteiger partial charge is 0.225 e. The Labute approximate surface area is 106 Å². The van der Waals surface area contributed by atoms with Crippen LogP contribution in [-0.2, 0) is 9.53 Å². The molecule has 0 fully saturated rings. The molecule has 17 heavy (non-hydrogen) atoms. The van der Waals surface area contributed by atoms with Crippen LogP contribution >= 0.6 is 0 Å². The molecule has 0 saturated heterocycles. The third-order valence-corrected chi connectivity index (χ3v) is 2.13. The lowest BCUT2D eigenvalue weighted by Gasteiger charge is -2.31. The number of carbonyl (C=O) groups is 1. The predicted octanol–water partition coefficient (Wildman–Crippen LogP) is 2.99. The number of amides is 1. The number of rotatable bonds is 4.